The highest BCUT2D eigenvalue weighted by atomic mass is 35.5. The monoisotopic (exact) mass is 345 g/mol. The second kappa shape index (κ2) is 6.75. The minimum absolute atomic E-state index is 0.0812. The Balaban J connectivity index is 1.93. The van der Waals surface area contributed by atoms with Crippen molar-refractivity contribution in [3.63, 3.8) is 0 Å². The number of rotatable bonds is 2. The van der Waals surface area contributed by atoms with Crippen LogP contribution in [0.25, 0.3) is 11.1 Å². The molecule has 0 aliphatic carbocycles. The fraction of sp³-hybridized carbons (Fsp3) is 0.353. The third-order valence-electron chi connectivity index (χ3n) is 4.28. The fourth-order valence-electron chi connectivity index (χ4n) is 2.87. The van der Waals surface area contributed by atoms with Crippen LogP contribution in [-0.4, -0.2) is 58.9 Å². The topological polar surface area (TPSA) is 75.4 Å². The van der Waals surface area contributed by atoms with E-state index in [2.05, 4.69) is 21.9 Å². The van der Waals surface area contributed by atoms with E-state index in [1.54, 1.807) is 24.5 Å². The predicted molar refractivity (Wildman–Crippen MR) is 95.0 cm³/mol. The Kier molecular flexibility index (Phi) is 4.69. The highest BCUT2D eigenvalue weighted by molar-refractivity contribution is 6.34. The van der Waals surface area contributed by atoms with Crippen LogP contribution in [-0.2, 0) is 0 Å². The summed E-state index contributed by atoms with van der Waals surface area (Å²) in [6, 6.07) is 3.43. The molecule has 1 aliphatic heterocycles. The van der Waals surface area contributed by atoms with E-state index in [0.717, 1.165) is 24.2 Å². The number of anilines is 1. The molecule has 1 aliphatic rings. The normalized spacial score (nSPS) is 15.5. The minimum Gasteiger partial charge on any atom is -0.397 e. The molecule has 7 heteroatoms. The molecule has 1 fully saturated rings. The number of hydrogen-bond acceptors (Lipinski definition) is 5. The van der Waals surface area contributed by atoms with Gasteiger partial charge in [-0.2, -0.15) is 0 Å². The molecule has 6 nitrogen and oxygen atoms in total. The lowest BCUT2D eigenvalue weighted by atomic mass is 10.0. The minimum atomic E-state index is -0.0812. The van der Waals surface area contributed by atoms with Crippen LogP contribution in [0.5, 0.6) is 0 Å². The third-order valence-corrected chi connectivity index (χ3v) is 4.58. The first-order valence-electron chi connectivity index (χ1n) is 7.82. The molecule has 2 aromatic rings. The molecule has 0 bridgehead atoms. The van der Waals surface area contributed by atoms with Crippen molar-refractivity contribution in [2.24, 2.45) is 0 Å². The van der Waals surface area contributed by atoms with Gasteiger partial charge in [-0.05, 0) is 26.1 Å². The smallest absolute Gasteiger partial charge is 0.272 e. The number of nitrogen functional groups attached to an aromatic ring is 1. The van der Waals surface area contributed by atoms with Crippen molar-refractivity contribution in [3.8, 4) is 11.1 Å². The summed E-state index contributed by atoms with van der Waals surface area (Å²) in [5.74, 6) is -0.0812. The number of piperazine rings is 1. The van der Waals surface area contributed by atoms with E-state index in [0.29, 0.717) is 35.2 Å². The maximum Gasteiger partial charge on any atom is 0.272 e. The van der Waals surface area contributed by atoms with Gasteiger partial charge in [0.05, 0.1) is 16.9 Å². The van der Waals surface area contributed by atoms with Gasteiger partial charge >= 0.3 is 0 Å². The molecular formula is C17H20ClN5O. The van der Waals surface area contributed by atoms with Gasteiger partial charge in [0.15, 0.2) is 0 Å². The highest BCUT2D eigenvalue weighted by Gasteiger charge is 2.23. The lowest BCUT2D eigenvalue weighted by Crippen LogP contribution is -2.47. The second-order valence-electron chi connectivity index (χ2n) is 6.01. The Morgan fingerprint density at radius 2 is 2.00 bits per heavy atom. The van der Waals surface area contributed by atoms with Crippen LogP contribution >= 0.6 is 11.6 Å². The summed E-state index contributed by atoms with van der Waals surface area (Å²) in [5, 5.41) is 0.470. The second-order valence-corrected chi connectivity index (χ2v) is 6.42. The molecule has 2 aromatic heterocycles. The van der Waals surface area contributed by atoms with Crippen molar-refractivity contribution in [1.82, 2.24) is 19.8 Å². The lowest BCUT2D eigenvalue weighted by Gasteiger charge is -2.32. The van der Waals surface area contributed by atoms with E-state index in [1.165, 1.54) is 0 Å². The summed E-state index contributed by atoms with van der Waals surface area (Å²) < 4.78 is 0. The SMILES string of the molecule is Cc1nc(C(=O)N2CCN(C)CC2)cc(Cl)c1-c1ccncc1N. The van der Waals surface area contributed by atoms with Crippen LogP contribution in [0.3, 0.4) is 0 Å². The van der Waals surface area contributed by atoms with Crippen molar-refractivity contribution in [1.29, 1.82) is 0 Å². The zero-order valence-electron chi connectivity index (χ0n) is 13.8. The number of pyridine rings is 2. The van der Waals surface area contributed by atoms with Gasteiger partial charge in [0, 0.05) is 49.2 Å². The number of nitrogens with zero attached hydrogens (tertiary/aromatic N) is 4. The number of carbonyl (C=O) groups is 1. The summed E-state index contributed by atoms with van der Waals surface area (Å²) in [7, 11) is 2.05. The van der Waals surface area contributed by atoms with E-state index in [1.807, 2.05) is 11.8 Å². The first-order chi connectivity index (χ1) is 11.5. The van der Waals surface area contributed by atoms with E-state index < -0.39 is 0 Å². The maximum absolute atomic E-state index is 12.7. The van der Waals surface area contributed by atoms with E-state index in [4.69, 9.17) is 17.3 Å². The molecule has 2 N–H and O–H groups in total. The van der Waals surface area contributed by atoms with Crippen LogP contribution in [0.1, 0.15) is 16.2 Å². The lowest BCUT2D eigenvalue weighted by molar-refractivity contribution is 0.0658. The number of aromatic nitrogens is 2. The average molecular weight is 346 g/mol. The summed E-state index contributed by atoms with van der Waals surface area (Å²) in [6.07, 6.45) is 3.24. The molecule has 0 spiro atoms. The van der Waals surface area contributed by atoms with E-state index in [-0.39, 0.29) is 5.91 Å². The van der Waals surface area contributed by atoms with Crippen LogP contribution in [0.4, 0.5) is 5.69 Å². The largest absolute Gasteiger partial charge is 0.397 e. The summed E-state index contributed by atoms with van der Waals surface area (Å²) in [4.78, 5) is 25.2. The van der Waals surface area contributed by atoms with Crippen LogP contribution in [0.15, 0.2) is 24.5 Å². The molecule has 0 radical (unpaired) electrons. The zero-order chi connectivity index (χ0) is 17.3. The molecule has 1 amide bonds. The Morgan fingerprint density at radius 1 is 1.29 bits per heavy atom. The molecule has 0 unspecified atom stereocenters. The number of nitrogens with two attached hydrogens (primary N) is 1. The molecule has 0 atom stereocenters. The number of halogens is 1. The highest BCUT2D eigenvalue weighted by Crippen LogP contribution is 2.34. The molecule has 3 heterocycles. The number of aryl methyl sites for hydroxylation is 1. The van der Waals surface area contributed by atoms with Crippen LogP contribution in [0, 0.1) is 6.92 Å². The van der Waals surface area contributed by atoms with Crippen molar-refractivity contribution in [2.45, 2.75) is 6.92 Å². The van der Waals surface area contributed by atoms with Gasteiger partial charge in [0.25, 0.3) is 5.91 Å². The predicted octanol–water partition coefficient (Wildman–Crippen LogP) is 2.08. The van der Waals surface area contributed by atoms with Gasteiger partial charge < -0.3 is 15.5 Å². The number of carbonyl (C=O) groups excluding carboxylic acids is 1. The zero-order valence-corrected chi connectivity index (χ0v) is 14.5. The van der Waals surface area contributed by atoms with Crippen molar-refractivity contribution in [2.75, 3.05) is 39.0 Å². The molecule has 3 rings (SSSR count). The molecule has 0 saturated carbocycles. The molecule has 1 saturated heterocycles. The van der Waals surface area contributed by atoms with Gasteiger partial charge in [0.1, 0.15) is 5.69 Å². The van der Waals surface area contributed by atoms with Gasteiger partial charge in [-0.1, -0.05) is 11.6 Å². The third kappa shape index (κ3) is 3.20. The van der Waals surface area contributed by atoms with Crippen molar-refractivity contribution in [3.05, 3.63) is 40.9 Å². The first kappa shape index (κ1) is 16.7. The van der Waals surface area contributed by atoms with Crippen LogP contribution < -0.4 is 5.73 Å². The standard InChI is InChI=1S/C17H20ClN5O/c1-11-16(12-3-4-20-10-14(12)19)13(18)9-15(21-11)17(24)23-7-5-22(2)6-8-23/h3-4,9-10H,5-8,19H2,1-2H3. The van der Waals surface area contributed by atoms with Crippen molar-refractivity contribution >= 4 is 23.2 Å². The maximum atomic E-state index is 12.7. The fourth-order valence-corrected chi connectivity index (χ4v) is 3.21. The van der Waals surface area contributed by atoms with Gasteiger partial charge in [-0.3, -0.25) is 9.78 Å². The number of hydrogen-bond donors (Lipinski definition) is 1. The van der Waals surface area contributed by atoms with Gasteiger partial charge in [-0.25, -0.2) is 4.98 Å². The molecule has 126 valence electrons. The summed E-state index contributed by atoms with van der Waals surface area (Å²) in [5.41, 5.74) is 9.09. The Hall–Kier alpha value is -2.18. The van der Waals surface area contributed by atoms with E-state index >= 15 is 0 Å². The molecule has 24 heavy (non-hydrogen) atoms. The Morgan fingerprint density at radius 3 is 2.62 bits per heavy atom. The Bertz CT molecular complexity index is 748. The Labute approximate surface area is 146 Å². The van der Waals surface area contributed by atoms with Gasteiger partial charge in [0.2, 0.25) is 0 Å². The molecule has 0 aromatic carbocycles. The quantitative estimate of drug-likeness (QED) is 0.901. The number of likely N-dealkylation sites (N-methyl/N-ethyl adjacent to an activating group) is 1. The molecular weight excluding hydrogens is 326 g/mol. The summed E-state index contributed by atoms with van der Waals surface area (Å²) >= 11 is 6.45. The van der Waals surface area contributed by atoms with Crippen molar-refractivity contribution < 1.29 is 4.79 Å². The van der Waals surface area contributed by atoms with E-state index in [9.17, 15) is 4.79 Å². The van der Waals surface area contributed by atoms with Gasteiger partial charge in [-0.15, -0.1) is 0 Å². The average Bonchev–Trinajstić information content (AvgIpc) is 2.56. The number of amides is 1. The first-order valence-corrected chi connectivity index (χ1v) is 8.20. The summed E-state index contributed by atoms with van der Waals surface area (Å²) in [6.45, 7) is 4.97. The van der Waals surface area contributed by atoms with Crippen LogP contribution in [0.2, 0.25) is 5.02 Å².